The van der Waals surface area contributed by atoms with Crippen molar-refractivity contribution in [3.05, 3.63) is 71.2 Å². The number of aryl methyl sites for hydroxylation is 2. The maximum absolute atomic E-state index is 13.3. The molecule has 1 aliphatic heterocycles. The first-order valence-corrected chi connectivity index (χ1v) is 13.5. The van der Waals surface area contributed by atoms with Crippen LogP contribution in [-0.4, -0.2) is 46.2 Å². The van der Waals surface area contributed by atoms with E-state index in [1.54, 1.807) is 18.6 Å². The molecule has 4 aromatic rings. The van der Waals surface area contributed by atoms with Crippen molar-refractivity contribution in [2.24, 2.45) is 11.7 Å². The predicted octanol–water partition coefficient (Wildman–Crippen LogP) is 5.38. The molecule has 0 radical (unpaired) electrons. The van der Waals surface area contributed by atoms with Gasteiger partial charge in [-0.15, -0.1) is 0 Å². The number of nitrogens with zero attached hydrogens (tertiary/aromatic N) is 4. The van der Waals surface area contributed by atoms with Crippen LogP contribution in [0.4, 0.5) is 17.3 Å². The number of Topliss-reactive ketones (excluding diaryl/α,β-unsaturated/α-hetero) is 1. The van der Waals surface area contributed by atoms with Crippen molar-refractivity contribution in [3.8, 4) is 11.1 Å². The highest BCUT2D eigenvalue weighted by molar-refractivity contribution is 6.11. The summed E-state index contributed by atoms with van der Waals surface area (Å²) in [7, 11) is 0. The summed E-state index contributed by atoms with van der Waals surface area (Å²) < 4.78 is 0. The van der Waals surface area contributed by atoms with Gasteiger partial charge in [0.25, 0.3) is 0 Å². The summed E-state index contributed by atoms with van der Waals surface area (Å²) in [5.74, 6) is 0.855. The average Bonchev–Trinajstić information content (AvgIpc) is 3.79. The number of anilines is 3. The van der Waals surface area contributed by atoms with Crippen LogP contribution in [-0.2, 0) is 0 Å². The lowest BCUT2D eigenvalue weighted by Gasteiger charge is -2.30. The van der Waals surface area contributed by atoms with Crippen LogP contribution >= 0.6 is 0 Å². The van der Waals surface area contributed by atoms with Crippen LogP contribution in [0.5, 0.6) is 0 Å². The first-order chi connectivity index (χ1) is 18.9. The SMILES string of the molecule is Cc1cc(-c2ccc3ncc(C(=O)C4CC4)c(Nc4cnc(N5CCC(N)CC5)nc4)c3c2)cc(C)c1C=O. The van der Waals surface area contributed by atoms with Crippen molar-refractivity contribution in [2.45, 2.75) is 45.6 Å². The zero-order chi connectivity index (χ0) is 27.1. The molecule has 2 aromatic heterocycles. The fourth-order valence-electron chi connectivity index (χ4n) is 5.38. The van der Waals surface area contributed by atoms with Gasteiger partial charge in [0.1, 0.15) is 0 Å². The van der Waals surface area contributed by atoms with Gasteiger partial charge in [-0.3, -0.25) is 14.6 Å². The summed E-state index contributed by atoms with van der Waals surface area (Å²) in [6, 6.07) is 10.4. The first kappa shape index (κ1) is 25.1. The van der Waals surface area contributed by atoms with Crippen LogP contribution in [0.15, 0.2) is 48.9 Å². The van der Waals surface area contributed by atoms with Crippen molar-refractivity contribution < 1.29 is 9.59 Å². The number of hydrogen-bond acceptors (Lipinski definition) is 8. The number of ketones is 1. The highest BCUT2D eigenvalue weighted by Crippen LogP contribution is 2.39. The molecule has 39 heavy (non-hydrogen) atoms. The molecule has 0 unspecified atom stereocenters. The number of benzene rings is 2. The number of aromatic nitrogens is 3. The maximum atomic E-state index is 13.3. The molecule has 0 atom stereocenters. The van der Waals surface area contributed by atoms with E-state index >= 15 is 0 Å². The molecule has 2 fully saturated rings. The van der Waals surface area contributed by atoms with E-state index in [1.165, 1.54) is 0 Å². The second-order valence-electron chi connectivity index (χ2n) is 10.8. The van der Waals surface area contributed by atoms with Crippen molar-refractivity contribution in [2.75, 3.05) is 23.3 Å². The molecule has 198 valence electrons. The fraction of sp³-hybridized carbons (Fsp3) is 0.323. The van der Waals surface area contributed by atoms with E-state index in [2.05, 4.69) is 31.2 Å². The number of piperidine rings is 1. The fourth-order valence-corrected chi connectivity index (χ4v) is 5.38. The third kappa shape index (κ3) is 5.00. The summed E-state index contributed by atoms with van der Waals surface area (Å²) in [6.07, 6.45) is 9.81. The average molecular weight is 521 g/mol. The minimum atomic E-state index is 0.0540. The molecule has 2 aliphatic rings. The minimum Gasteiger partial charge on any atom is -0.352 e. The second kappa shape index (κ2) is 10.2. The van der Waals surface area contributed by atoms with Gasteiger partial charge in [0, 0.05) is 42.2 Å². The van der Waals surface area contributed by atoms with Gasteiger partial charge in [-0.2, -0.15) is 0 Å². The van der Waals surface area contributed by atoms with Crippen LogP contribution in [0.3, 0.4) is 0 Å². The zero-order valence-corrected chi connectivity index (χ0v) is 22.3. The molecule has 8 heteroatoms. The Morgan fingerprint density at radius 2 is 1.64 bits per heavy atom. The summed E-state index contributed by atoms with van der Waals surface area (Å²) in [6.45, 7) is 5.59. The van der Waals surface area contributed by atoms with E-state index < -0.39 is 0 Å². The van der Waals surface area contributed by atoms with Crippen LogP contribution in [0.2, 0.25) is 0 Å². The van der Waals surface area contributed by atoms with E-state index in [4.69, 9.17) is 5.73 Å². The number of nitrogens with one attached hydrogen (secondary N) is 1. The highest BCUT2D eigenvalue weighted by Gasteiger charge is 2.32. The van der Waals surface area contributed by atoms with Crippen molar-refractivity contribution in [1.29, 1.82) is 0 Å². The molecule has 1 aliphatic carbocycles. The lowest BCUT2D eigenvalue weighted by atomic mass is 9.94. The number of aldehydes is 1. The van der Waals surface area contributed by atoms with E-state index in [0.29, 0.717) is 17.2 Å². The number of hydrogen-bond donors (Lipinski definition) is 2. The van der Waals surface area contributed by atoms with E-state index in [9.17, 15) is 9.59 Å². The maximum Gasteiger partial charge on any atom is 0.225 e. The number of rotatable bonds is 7. The molecule has 2 aromatic carbocycles. The Balaban J connectivity index is 1.40. The Hall–Kier alpha value is -4.17. The third-order valence-corrected chi connectivity index (χ3v) is 7.86. The molecule has 1 saturated heterocycles. The topological polar surface area (TPSA) is 114 Å². The number of pyridine rings is 1. The standard InChI is InChI=1S/C31H32N6O2/c1-18-11-22(12-19(2)27(18)17-38)21-5-6-28-25(13-21)29(26(16-33-28)30(39)20-3-4-20)36-24-14-34-31(35-15-24)37-9-7-23(32)8-10-37/h5-6,11-17,20,23H,3-4,7-10,32H2,1-2H3,(H,33,36). The van der Waals surface area contributed by atoms with Gasteiger partial charge in [0.15, 0.2) is 12.1 Å². The lowest BCUT2D eigenvalue weighted by Crippen LogP contribution is -2.40. The molecule has 3 heterocycles. The van der Waals surface area contributed by atoms with Gasteiger partial charge in [-0.05, 0) is 73.9 Å². The molecule has 1 saturated carbocycles. The van der Waals surface area contributed by atoms with Crippen LogP contribution in [0, 0.1) is 19.8 Å². The van der Waals surface area contributed by atoms with E-state index in [1.807, 2.05) is 38.1 Å². The summed E-state index contributed by atoms with van der Waals surface area (Å²) in [5, 5.41) is 4.32. The molecular weight excluding hydrogens is 488 g/mol. The normalized spacial score (nSPS) is 15.9. The quantitative estimate of drug-likeness (QED) is 0.246. The second-order valence-corrected chi connectivity index (χ2v) is 10.8. The third-order valence-electron chi connectivity index (χ3n) is 7.86. The van der Waals surface area contributed by atoms with Gasteiger partial charge < -0.3 is 16.0 Å². The summed E-state index contributed by atoms with van der Waals surface area (Å²) >= 11 is 0. The summed E-state index contributed by atoms with van der Waals surface area (Å²) in [5.41, 5.74) is 13.4. The first-order valence-electron chi connectivity index (χ1n) is 13.5. The molecular formula is C31H32N6O2. The zero-order valence-electron chi connectivity index (χ0n) is 22.3. The molecule has 0 amide bonds. The molecule has 6 rings (SSSR count). The van der Waals surface area contributed by atoms with Crippen molar-refractivity contribution >= 4 is 40.3 Å². The number of nitrogens with two attached hydrogens (primary N) is 1. The number of carbonyl (C=O) groups is 2. The smallest absolute Gasteiger partial charge is 0.225 e. The Labute approximate surface area is 227 Å². The van der Waals surface area contributed by atoms with Gasteiger partial charge in [0.2, 0.25) is 5.95 Å². The molecule has 3 N–H and O–H groups in total. The molecule has 0 bridgehead atoms. The molecule has 8 nitrogen and oxygen atoms in total. The Bertz CT molecular complexity index is 1550. The Kier molecular flexibility index (Phi) is 6.56. The minimum absolute atomic E-state index is 0.0540. The van der Waals surface area contributed by atoms with Gasteiger partial charge in [0.05, 0.1) is 34.8 Å². The highest BCUT2D eigenvalue weighted by atomic mass is 16.1. The Morgan fingerprint density at radius 3 is 2.28 bits per heavy atom. The van der Waals surface area contributed by atoms with Crippen molar-refractivity contribution in [3.63, 3.8) is 0 Å². The predicted molar refractivity (Wildman–Crippen MR) is 154 cm³/mol. The summed E-state index contributed by atoms with van der Waals surface area (Å²) in [4.78, 5) is 40.8. The number of fused-ring (bicyclic) bond motifs is 1. The van der Waals surface area contributed by atoms with Crippen LogP contribution in [0.1, 0.15) is 57.5 Å². The van der Waals surface area contributed by atoms with Crippen molar-refractivity contribution in [1.82, 2.24) is 15.0 Å². The van der Waals surface area contributed by atoms with Crippen LogP contribution in [0.25, 0.3) is 22.0 Å². The Morgan fingerprint density at radius 1 is 0.949 bits per heavy atom. The monoisotopic (exact) mass is 520 g/mol. The van der Waals surface area contributed by atoms with E-state index in [-0.39, 0.29) is 17.7 Å². The van der Waals surface area contributed by atoms with Gasteiger partial charge in [-0.25, -0.2) is 9.97 Å². The lowest BCUT2D eigenvalue weighted by molar-refractivity contribution is 0.0968. The van der Waals surface area contributed by atoms with Crippen LogP contribution < -0.4 is 16.0 Å². The van der Waals surface area contributed by atoms with Gasteiger partial charge in [-0.1, -0.05) is 18.2 Å². The van der Waals surface area contributed by atoms with Gasteiger partial charge >= 0.3 is 0 Å². The molecule has 0 spiro atoms. The number of carbonyl (C=O) groups excluding carboxylic acids is 2. The van der Waals surface area contributed by atoms with E-state index in [0.717, 1.165) is 89.5 Å². The largest absolute Gasteiger partial charge is 0.352 e.